The largest absolute Gasteiger partial charge is 0.371 e. The number of hydrogen-bond donors (Lipinski definition) is 3. The number of anilines is 1. The van der Waals surface area contributed by atoms with Crippen LogP contribution in [0.3, 0.4) is 0 Å². The highest BCUT2D eigenvalue weighted by Gasteiger charge is 2.22. The quantitative estimate of drug-likeness (QED) is 0.237. The van der Waals surface area contributed by atoms with Crippen LogP contribution in [0.15, 0.2) is 59.7 Å². The first-order valence-electron chi connectivity index (χ1n) is 10.8. The summed E-state index contributed by atoms with van der Waals surface area (Å²) in [5.41, 5.74) is 3.38. The van der Waals surface area contributed by atoms with Crippen LogP contribution in [0.2, 0.25) is 0 Å². The zero-order valence-electron chi connectivity index (χ0n) is 17.9. The highest BCUT2D eigenvalue weighted by molar-refractivity contribution is 14.0. The van der Waals surface area contributed by atoms with Crippen LogP contribution >= 0.6 is 24.0 Å². The Morgan fingerprint density at radius 1 is 1.19 bits per heavy atom. The third-order valence-corrected chi connectivity index (χ3v) is 5.68. The molecular weight excluding hydrogens is 504 g/mol. The average Bonchev–Trinajstić information content (AvgIpc) is 3.40. The van der Waals surface area contributed by atoms with Gasteiger partial charge >= 0.3 is 0 Å². The number of fused-ring (bicyclic) bond motifs is 1. The SMILES string of the molecule is CCNC(=NCC1CCN(c2ccccc2)C1)NCCc1c[nH]c2ccc(F)cc12.I. The Balaban J connectivity index is 0.00000272. The van der Waals surface area contributed by atoms with Gasteiger partial charge in [-0.1, -0.05) is 18.2 Å². The van der Waals surface area contributed by atoms with Gasteiger partial charge in [-0.3, -0.25) is 4.99 Å². The summed E-state index contributed by atoms with van der Waals surface area (Å²) >= 11 is 0. The van der Waals surface area contributed by atoms with E-state index in [2.05, 4.69) is 57.8 Å². The van der Waals surface area contributed by atoms with E-state index < -0.39 is 0 Å². The Morgan fingerprint density at radius 3 is 2.84 bits per heavy atom. The highest BCUT2D eigenvalue weighted by Crippen LogP contribution is 2.23. The van der Waals surface area contributed by atoms with Gasteiger partial charge in [-0.2, -0.15) is 0 Å². The van der Waals surface area contributed by atoms with Gasteiger partial charge < -0.3 is 20.5 Å². The molecule has 7 heteroatoms. The first-order valence-corrected chi connectivity index (χ1v) is 10.8. The Hall–Kier alpha value is -2.29. The average molecular weight is 535 g/mol. The molecule has 0 spiro atoms. The Labute approximate surface area is 200 Å². The van der Waals surface area contributed by atoms with E-state index in [-0.39, 0.29) is 29.8 Å². The maximum atomic E-state index is 13.6. The summed E-state index contributed by atoms with van der Waals surface area (Å²) in [6, 6.07) is 15.5. The van der Waals surface area contributed by atoms with Crippen molar-refractivity contribution >= 4 is 46.5 Å². The molecule has 0 radical (unpaired) electrons. The van der Waals surface area contributed by atoms with Crippen LogP contribution in [-0.2, 0) is 6.42 Å². The van der Waals surface area contributed by atoms with E-state index in [1.165, 1.54) is 18.2 Å². The van der Waals surface area contributed by atoms with Crippen LogP contribution in [-0.4, -0.2) is 43.7 Å². The van der Waals surface area contributed by atoms with Crippen molar-refractivity contribution in [1.82, 2.24) is 15.6 Å². The summed E-state index contributed by atoms with van der Waals surface area (Å²) in [5.74, 6) is 1.21. The number of halogens is 2. The topological polar surface area (TPSA) is 55.5 Å². The highest BCUT2D eigenvalue weighted by atomic mass is 127. The molecule has 2 aromatic carbocycles. The van der Waals surface area contributed by atoms with Crippen molar-refractivity contribution in [2.75, 3.05) is 37.6 Å². The summed E-state index contributed by atoms with van der Waals surface area (Å²) in [6.45, 7) is 6.60. The second-order valence-corrected chi connectivity index (χ2v) is 7.84. The van der Waals surface area contributed by atoms with Gasteiger partial charge in [-0.05, 0) is 61.6 Å². The molecule has 5 nitrogen and oxygen atoms in total. The van der Waals surface area contributed by atoms with E-state index in [0.29, 0.717) is 5.92 Å². The van der Waals surface area contributed by atoms with Crippen LogP contribution in [0, 0.1) is 11.7 Å². The lowest BCUT2D eigenvalue weighted by Crippen LogP contribution is -2.38. The van der Waals surface area contributed by atoms with Crippen molar-refractivity contribution < 1.29 is 4.39 Å². The summed E-state index contributed by atoms with van der Waals surface area (Å²) < 4.78 is 13.6. The smallest absolute Gasteiger partial charge is 0.191 e. The first kappa shape index (κ1) is 23.4. The van der Waals surface area contributed by atoms with Gasteiger partial charge in [-0.25, -0.2) is 4.39 Å². The van der Waals surface area contributed by atoms with Crippen molar-refractivity contribution in [3.63, 3.8) is 0 Å². The summed E-state index contributed by atoms with van der Waals surface area (Å²) in [4.78, 5) is 10.5. The third kappa shape index (κ3) is 6.12. The maximum absolute atomic E-state index is 13.6. The minimum Gasteiger partial charge on any atom is -0.371 e. The summed E-state index contributed by atoms with van der Waals surface area (Å²) in [5, 5.41) is 7.71. The molecule has 3 N–H and O–H groups in total. The fourth-order valence-electron chi connectivity index (χ4n) is 4.09. The van der Waals surface area contributed by atoms with Gasteiger partial charge in [0, 0.05) is 55.5 Å². The zero-order chi connectivity index (χ0) is 20.8. The van der Waals surface area contributed by atoms with E-state index in [4.69, 9.17) is 4.99 Å². The van der Waals surface area contributed by atoms with Gasteiger partial charge in [0.25, 0.3) is 0 Å². The number of aliphatic imine (C=N–C) groups is 1. The number of nitrogens with zero attached hydrogens (tertiary/aromatic N) is 2. The maximum Gasteiger partial charge on any atom is 0.191 e. The number of rotatable bonds is 7. The zero-order valence-corrected chi connectivity index (χ0v) is 20.2. The number of aromatic amines is 1. The Morgan fingerprint density at radius 2 is 2.03 bits per heavy atom. The van der Waals surface area contributed by atoms with Crippen molar-refractivity contribution in [3.05, 3.63) is 66.1 Å². The molecule has 2 heterocycles. The molecule has 166 valence electrons. The molecule has 1 unspecified atom stereocenters. The van der Waals surface area contributed by atoms with Gasteiger partial charge in [0.2, 0.25) is 0 Å². The lowest BCUT2D eigenvalue weighted by Gasteiger charge is -2.18. The minimum absolute atomic E-state index is 0. The number of H-pyrrole nitrogens is 1. The van der Waals surface area contributed by atoms with Gasteiger partial charge in [0.1, 0.15) is 5.82 Å². The minimum atomic E-state index is -0.202. The van der Waals surface area contributed by atoms with Crippen LogP contribution < -0.4 is 15.5 Å². The van der Waals surface area contributed by atoms with Crippen LogP contribution in [0.1, 0.15) is 18.9 Å². The van der Waals surface area contributed by atoms with Crippen molar-refractivity contribution in [1.29, 1.82) is 0 Å². The predicted octanol–water partition coefficient (Wildman–Crippen LogP) is 4.55. The Bertz CT molecular complexity index is 988. The summed E-state index contributed by atoms with van der Waals surface area (Å²) in [6.07, 6.45) is 3.93. The van der Waals surface area contributed by atoms with Crippen molar-refractivity contribution in [3.8, 4) is 0 Å². The van der Waals surface area contributed by atoms with Crippen LogP contribution in [0.25, 0.3) is 10.9 Å². The van der Waals surface area contributed by atoms with Crippen molar-refractivity contribution in [2.24, 2.45) is 10.9 Å². The molecule has 1 aliphatic heterocycles. The molecule has 4 rings (SSSR count). The molecule has 0 bridgehead atoms. The molecule has 1 saturated heterocycles. The first-order chi connectivity index (χ1) is 14.7. The van der Waals surface area contributed by atoms with Crippen molar-refractivity contribution in [2.45, 2.75) is 19.8 Å². The Kier molecular flexibility index (Phi) is 8.57. The molecule has 1 aromatic heterocycles. The second kappa shape index (κ2) is 11.4. The number of guanidine groups is 1. The number of aromatic nitrogens is 1. The lowest BCUT2D eigenvalue weighted by molar-refractivity contribution is 0.599. The predicted molar refractivity (Wildman–Crippen MR) is 138 cm³/mol. The normalized spacial score (nSPS) is 16.4. The second-order valence-electron chi connectivity index (χ2n) is 7.84. The molecule has 0 aliphatic carbocycles. The molecule has 0 saturated carbocycles. The van der Waals surface area contributed by atoms with E-state index >= 15 is 0 Å². The fourth-order valence-corrected chi connectivity index (χ4v) is 4.09. The number of nitrogens with one attached hydrogen (secondary N) is 3. The van der Waals surface area contributed by atoms with Crippen LogP contribution in [0.5, 0.6) is 0 Å². The standard InChI is InChI=1S/C24H30FN5.HI/c1-2-26-24(27-12-10-19-16-28-23-9-8-20(25)14-22(19)23)29-15-18-11-13-30(17-18)21-6-4-3-5-7-21;/h3-9,14,16,18,28H,2,10-13,15,17H2,1H3,(H2,26,27,29);1H. The molecule has 3 aromatic rings. The van der Waals surface area contributed by atoms with Gasteiger partial charge in [0.05, 0.1) is 0 Å². The molecule has 1 fully saturated rings. The van der Waals surface area contributed by atoms with E-state index in [9.17, 15) is 4.39 Å². The fraction of sp³-hybridized carbons (Fsp3) is 0.375. The molecule has 31 heavy (non-hydrogen) atoms. The monoisotopic (exact) mass is 535 g/mol. The van der Waals surface area contributed by atoms with E-state index in [1.54, 1.807) is 12.1 Å². The summed E-state index contributed by atoms with van der Waals surface area (Å²) in [7, 11) is 0. The lowest BCUT2D eigenvalue weighted by atomic mass is 10.1. The number of para-hydroxylation sites is 1. The number of benzene rings is 2. The van der Waals surface area contributed by atoms with Gasteiger partial charge in [0.15, 0.2) is 5.96 Å². The third-order valence-electron chi connectivity index (χ3n) is 5.68. The van der Waals surface area contributed by atoms with E-state index in [0.717, 1.165) is 61.6 Å². The van der Waals surface area contributed by atoms with Gasteiger partial charge in [-0.15, -0.1) is 24.0 Å². The van der Waals surface area contributed by atoms with Crippen LogP contribution in [0.4, 0.5) is 10.1 Å². The molecular formula is C24H31FIN5. The van der Waals surface area contributed by atoms with E-state index in [1.807, 2.05) is 6.20 Å². The number of hydrogen-bond acceptors (Lipinski definition) is 2. The molecule has 0 amide bonds. The molecule has 1 aliphatic rings. The molecule has 1 atom stereocenters.